The van der Waals surface area contributed by atoms with E-state index in [-0.39, 0.29) is 16.0 Å². The Morgan fingerprint density at radius 1 is 0.970 bits per heavy atom. The molecule has 0 saturated carbocycles. The number of anilines is 1. The zero-order chi connectivity index (χ0) is 24.2. The first-order valence-electron chi connectivity index (χ1n) is 9.66. The molecule has 0 bridgehead atoms. The van der Waals surface area contributed by atoms with Crippen molar-refractivity contribution in [1.82, 2.24) is 5.43 Å². The maximum atomic E-state index is 12.8. The largest absolute Gasteiger partial charge is 0.416 e. The smallest absolute Gasteiger partial charge is 0.279 e. The lowest BCUT2D eigenvalue weighted by molar-refractivity contribution is -0.137. The molecule has 0 aliphatic rings. The van der Waals surface area contributed by atoms with Crippen LogP contribution >= 0.6 is 0 Å². The van der Waals surface area contributed by atoms with E-state index in [4.69, 9.17) is 0 Å². The van der Waals surface area contributed by atoms with E-state index in [0.29, 0.717) is 5.69 Å². The van der Waals surface area contributed by atoms with Crippen LogP contribution < -0.4 is 10.1 Å². The molecular weight excluding hydrogens is 455 g/mol. The number of hydrogen-bond donors (Lipinski definition) is 2. The minimum atomic E-state index is -4.50. The predicted molar refractivity (Wildman–Crippen MR) is 120 cm³/mol. The van der Waals surface area contributed by atoms with Gasteiger partial charge in [0, 0.05) is 5.56 Å². The number of benzene rings is 3. The summed E-state index contributed by atoms with van der Waals surface area (Å²) in [5, 5.41) is 3.66. The van der Waals surface area contributed by atoms with Gasteiger partial charge in [0.1, 0.15) is 0 Å². The highest BCUT2D eigenvalue weighted by Gasteiger charge is 2.30. The number of hydrogen-bond acceptors (Lipinski definition) is 4. The summed E-state index contributed by atoms with van der Waals surface area (Å²) in [4.78, 5) is 12.2. The van der Waals surface area contributed by atoms with Gasteiger partial charge >= 0.3 is 6.18 Å². The van der Waals surface area contributed by atoms with Gasteiger partial charge in [0.05, 0.1) is 22.4 Å². The van der Waals surface area contributed by atoms with Gasteiger partial charge in [0.15, 0.2) is 0 Å². The van der Waals surface area contributed by atoms with Crippen molar-refractivity contribution in [3.05, 3.63) is 94.5 Å². The van der Waals surface area contributed by atoms with Gasteiger partial charge in [-0.15, -0.1) is 0 Å². The van der Waals surface area contributed by atoms with E-state index in [0.717, 1.165) is 29.5 Å². The summed E-state index contributed by atoms with van der Waals surface area (Å²) in [5.74, 6) is -0.721. The molecular formula is C23H20F3N3O3S. The molecule has 0 unspecified atom stereocenters. The fraction of sp³-hybridized carbons (Fsp3) is 0.130. The van der Waals surface area contributed by atoms with Gasteiger partial charge in [-0.25, -0.2) is 13.8 Å². The molecule has 3 aromatic rings. The first-order chi connectivity index (χ1) is 15.5. The third-order valence-corrected chi connectivity index (χ3v) is 5.99. The van der Waals surface area contributed by atoms with Gasteiger partial charge in [-0.05, 0) is 61.4 Å². The van der Waals surface area contributed by atoms with Crippen molar-refractivity contribution in [3.63, 3.8) is 0 Å². The van der Waals surface area contributed by atoms with Crippen molar-refractivity contribution in [2.75, 3.05) is 4.72 Å². The van der Waals surface area contributed by atoms with Crippen molar-refractivity contribution < 1.29 is 26.4 Å². The van der Waals surface area contributed by atoms with Crippen LogP contribution in [0.1, 0.15) is 32.6 Å². The van der Waals surface area contributed by atoms with Crippen LogP contribution in [0.3, 0.4) is 0 Å². The van der Waals surface area contributed by atoms with Crippen LogP contribution in [0.2, 0.25) is 0 Å². The molecule has 172 valence electrons. The Hall–Kier alpha value is -3.66. The van der Waals surface area contributed by atoms with E-state index in [1.54, 1.807) is 19.1 Å². The van der Waals surface area contributed by atoms with E-state index >= 15 is 0 Å². The van der Waals surface area contributed by atoms with Crippen LogP contribution in [0.15, 0.2) is 76.7 Å². The number of amides is 1. The molecule has 10 heteroatoms. The number of nitrogens with one attached hydrogen (secondary N) is 2. The van der Waals surface area contributed by atoms with Crippen molar-refractivity contribution >= 4 is 27.8 Å². The van der Waals surface area contributed by atoms with Crippen LogP contribution in [0.5, 0.6) is 0 Å². The Labute approximate surface area is 189 Å². The zero-order valence-corrected chi connectivity index (χ0v) is 18.5. The average molecular weight is 475 g/mol. The molecule has 0 aliphatic heterocycles. The summed E-state index contributed by atoms with van der Waals surface area (Å²) < 4.78 is 66.4. The maximum absolute atomic E-state index is 12.8. The minimum absolute atomic E-state index is 0.0136. The second-order valence-corrected chi connectivity index (χ2v) is 8.96. The number of carbonyl (C=O) groups is 1. The Morgan fingerprint density at radius 2 is 1.70 bits per heavy atom. The minimum Gasteiger partial charge on any atom is -0.279 e. The maximum Gasteiger partial charge on any atom is 0.416 e. The van der Waals surface area contributed by atoms with Crippen molar-refractivity contribution in [3.8, 4) is 0 Å². The number of rotatable bonds is 6. The van der Waals surface area contributed by atoms with E-state index in [2.05, 4.69) is 15.2 Å². The third kappa shape index (κ3) is 6.19. The van der Waals surface area contributed by atoms with Crippen molar-refractivity contribution in [2.45, 2.75) is 24.9 Å². The van der Waals surface area contributed by atoms with Crippen molar-refractivity contribution in [1.29, 1.82) is 0 Å². The molecule has 0 heterocycles. The molecule has 0 aliphatic carbocycles. The van der Waals surface area contributed by atoms with Crippen LogP contribution in [0.4, 0.5) is 18.9 Å². The SMILES string of the molecule is Cc1ccc(NS(=O)(=O)c2cccc(C(=O)NN=Cc3cccc(C(F)(F)F)c3)c2)c(C)c1. The summed E-state index contributed by atoms with van der Waals surface area (Å²) in [6.45, 7) is 3.67. The molecule has 0 radical (unpaired) electrons. The lowest BCUT2D eigenvalue weighted by Crippen LogP contribution is -2.19. The number of halogens is 3. The second-order valence-electron chi connectivity index (χ2n) is 7.27. The topological polar surface area (TPSA) is 87.6 Å². The Balaban J connectivity index is 1.73. The monoisotopic (exact) mass is 475 g/mol. The summed E-state index contributed by atoms with van der Waals surface area (Å²) in [6.07, 6.45) is -3.43. The standard InChI is InChI=1S/C23H20F3N3O3S/c1-15-9-10-21(16(2)11-15)29-33(31,32)20-8-4-6-18(13-20)22(30)28-27-14-17-5-3-7-19(12-17)23(24,25)26/h3-14,29H,1-2H3,(H,28,30). The third-order valence-electron chi connectivity index (χ3n) is 4.63. The van der Waals surface area contributed by atoms with Crippen LogP contribution in [0.25, 0.3) is 0 Å². The molecule has 0 aromatic heterocycles. The van der Waals surface area contributed by atoms with Gasteiger partial charge in [0.25, 0.3) is 15.9 Å². The first-order valence-corrected chi connectivity index (χ1v) is 11.1. The molecule has 0 atom stereocenters. The molecule has 2 N–H and O–H groups in total. The first kappa shape index (κ1) is 24.0. The quantitative estimate of drug-likeness (QED) is 0.393. The highest BCUT2D eigenvalue weighted by molar-refractivity contribution is 7.92. The number of carbonyl (C=O) groups excluding carboxylic acids is 1. The van der Waals surface area contributed by atoms with Gasteiger partial charge in [0.2, 0.25) is 0 Å². The summed E-state index contributed by atoms with van der Waals surface area (Å²) >= 11 is 0. The highest BCUT2D eigenvalue weighted by Crippen LogP contribution is 2.29. The summed E-state index contributed by atoms with van der Waals surface area (Å²) in [6, 6.07) is 15.0. The number of nitrogens with zero attached hydrogens (tertiary/aromatic N) is 1. The van der Waals surface area contributed by atoms with E-state index in [1.807, 2.05) is 13.0 Å². The Morgan fingerprint density at radius 3 is 2.39 bits per heavy atom. The molecule has 6 nitrogen and oxygen atoms in total. The summed E-state index contributed by atoms with van der Waals surface area (Å²) in [5.41, 5.74) is 3.64. The lowest BCUT2D eigenvalue weighted by atomic mass is 10.1. The van der Waals surface area contributed by atoms with Crippen LogP contribution in [0, 0.1) is 13.8 Å². The van der Waals surface area contributed by atoms with Gasteiger partial charge in [-0.2, -0.15) is 18.3 Å². The lowest BCUT2D eigenvalue weighted by Gasteiger charge is -2.12. The average Bonchev–Trinajstić information content (AvgIpc) is 2.75. The molecule has 1 amide bonds. The number of alkyl halides is 3. The van der Waals surface area contributed by atoms with E-state index in [1.165, 1.54) is 36.4 Å². The highest BCUT2D eigenvalue weighted by atomic mass is 32.2. The zero-order valence-electron chi connectivity index (χ0n) is 17.6. The fourth-order valence-electron chi connectivity index (χ4n) is 2.96. The van der Waals surface area contributed by atoms with Gasteiger partial charge in [-0.1, -0.05) is 35.9 Å². The normalized spacial score (nSPS) is 12.0. The molecule has 3 aromatic carbocycles. The Bertz CT molecular complexity index is 1320. The molecule has 33 heavy (non-hydrogen) atoms. The number of hydrazone groups is 1. The number of sulfonamides is 1. The van der Waals surface area contributed by atoms with Crippen LogP contribution in [-0.2, 0) is 16.2 Å². The van der Waals surface area contributed by atoms with Crippen molar-refractivity contribution in [2.24, 2.45) is 5.10 Å². The predicted octanol–water partition coefficient (Wildman–Crippen LogP) is 4.89. The van der Waals surface area contributed by atoms with Gasteiger partial charge < -0.3 is 0 Å². The molecule has 0 fully saturated rings. The van der Waals surface area contributed by atoms with Gasteiger partial charge in [-0.3, -0.25) is 9.52 Å². The molecule has 0 saturated heterocycles. The molecule has 0 spiro atoms. The number of aryl methyl sites for hydroxylation is 2. The van der Waals surface area contributed by atoms with Crippen LogP contribution in [-0.4, -0.2) is 20.5 Å². The molecule has 3 rings (SSSR count). The van der Waals surface area contributed by atoms with E-state index < -0.39 is 27.7 Å². The Kier molecular flexibility index (Phi) is 6.87. The summed E-state index contributed by atoms with van der Waals surface area (Å²) in [7, 11) is -3.96. The fourth-order valence-corrected chi connectivity index (χ4v) is 4.14. The van der Waals surface area contributed by atoms with E-state index in [9.17, 15) is 26.4 Å². The second kappa shape index (κ2) is 9.45.